The second kappa shape index (κ2) is 23.7. The van der Waals surface area contributed by atoms with Gasteiger partial charge in [0.25, 0.3) is 17.4 Å². The van der Waals surface area contributed by atoms with Crippen molar-refractivity contribution in [1.82, 2.24) is 49.3 Å². The minimum absolute atomic E-state index is 0.00196. The molecule has 10 atom stereocenters. The van der Waals surface area contributed by atoms with E-state index in [1.165, 1.54) is 10.9 Å². The molecule has 35 heteroatoms. The summed E-state index contributed by atoms with van der Waals surface area (Å²) in [4.78, 5) is 106. The predicted octanol–water partition coefficient (Wildman–Crippen LogP) is -3.10. The third-order valence-electron chi connectivity index (χ3n) is 11.2. The van der Waals surface area contributed by atoms with E-state index in [2.05, 4.69) is 40.5 Å². The average Bonchev–Trinajstić information content (AvgIpc) is 4.16. The highest BCUT2D eigenvalue weighted by molar-refractivity contribution is 7.47. The molecule has 9 N–H and O–H groups in total. The number of aliphatic hydroxyl groups excluding tert-OH is 2. The zero-order chi connectivity index (χ0) is 51.9. The lowest BCUT2D eigenvalue weighted by Crippen LogP contribution is -2.39. The van der Waals surface area contributed by atoms with E-state index in [4.69, 9.17) is 52.2 Å². The van der Waals surface area contributed by atoms with Crippen LogP contribution in [0.15, 0.2) is 35.9 Å². The molecular formula is C38H50N12O21P2. The minimum atomic E-state index is -5.17. The zero-order valence-electron chi connectivity index (χ0n) is 38.2. The number of aromatic nitrogens is 8. The van der Waals surface area contributed by atoms with Crippen molar-refractivity contribution in [2.75, 3.05) is 90.2 Å². The minimum Gasteiger partial charge on any atom is -0.386 e. The number of amides is 4. The molecule has 4 aromatic heterocycles. The molecular weight excluding hydrogens is 1020 g/mol. The molecule has 3 fully saturated rings. The zero-order valence-corrected chi connectivity index (χ0v) is 40.0. The van der Waals surface area contributed by atoms with Crippen molar-refractivity contribution in [2.45, 2.75) is 61.9 Å². The number of H-pyrrole nitrogens is 1. The number of phosphoric acid groups is 2. The Morgan fingerprint density at radius 3 is 1.85 bits per heavy atom. The van der Waals surface area contributed by atoms with E-state index in [1.807, 2.05) is 0 Å². The third-order valence-corrected chi connectivity index (χ3v) is 13.1. The van der Waals surface area contributed by atoms with Gasteiger partial charge >= 0.3 is 15.6 Å². The Morgan fingerprint density at radius 2 is 1.26 bits per heavy atom. The standard InChI is InChI=1S/C38H50N12O21P2/c39-38-46-34-27(35(57)47-38)44-19-50(34)37-29(56)31-21(69-37)16-67-72(58,59)70-30-20(15-66-73(60,61)71-31)68-36(28(30)55)49-18-43-26-32(41-17-42-33(26)49)45-23(52)4-7-62-9-11-64-13-14-65-12-10-63-8-5-40-22(51)3-6-48-24(53)1-2-25(48)54/h1-2,17-21,28-31,36-37,55-56H,3-16H2,(H,40,51)(H,58,59)(H,60,61)(H3,39,46,47,57)(H,41,42,45,52)/t20-,21-,28-,29-,30-,31-,36-,37-/m1/s1. The molecule has 8 rings (SSSR count). The highest BCUT2D eigenvalue weighted by Gasteiger charge is 2.54. The molecule has 0 radical (unpaired) electrons. The number of fused-ring (bicyclic) bond motifs is 4. The van der Waals surface area contributed by atoms with Gasteiger partial charge in [0.2, 0.25) is 17.8 Å². The Hall–Kier alpha value is -5.58. The Balaban J connectivity index is 0.752. The summed E-state index contributed by atoms with van der Waals surface area (Å²) in [6.07, 6.45) is -7.73. The quantitative estimate of drug-likeness (QED) is 0.0233. The summed E-state index contributed by atoms with van der Waals surface area (Å²) in [7, 11) is -10.3. The van der Waals surface area contributed by atoms with Gasteiger partial charge in [-0.25, -0.2) is 29.1 Å². The molecule has 0 saturated carbocycles. The number of imide groups is 1. The summed E-state index contributed by atoms with van der Waals surface area (Å²) in [6, 6.07) is 0. The van der Waals surface area contributed by atoms with E-state index >= 15 is 0 Å². The summed E-state index contributed by atoms with van der Waals surface area (Å²) < 4.78 is 83.7. The first-order valence-electron chi connectivity index (χ1n) is 22.3. The molecule has 0 aromatic carbocycles. The number of phosphoric ester groups is 2. The third kappa shape index (κ3) is 13.2. The van der Waals surface area contributed by atoms with Crippen molar-refractivity contribution in [3.05, 3.63) is 41.5 Å². The molecule has 0 spiro atoms. The maximum Gasteiger partial charge on any atom is 0.472 e. The van der Waals surface area contributed by atoms with Gasteiger partial charge in [0.1, 0.15) is 43.0 Å². The smallest absolute Gasteiger partial charge is 0.386 e. The molecule has 2 unspecified atom stereocenters. The second-order valence-corrected chi connectivity index (χ2v) is 18.9. The number of rotatable bonds is 21. The summed E-state index contributed by atoms with van der Waals surface area (Å²) >= 11 is 0. The predicted molar refractivity (Wildman–Crippen MR) is 239 cm³/mol. The Morgan fingerprint density at radius 1 is 0.726 bits per heavy atom. The highest BCUT2D eigenvalue weighted by Crippen LogP contribution is 2.53. The number of carbonyl (C=O) groups is 4. The number of hydrogen-bond acceptors (Lipinski definition) is 25. The number of nitrogen functional groups attached to an aromatic ring is 1. The number of ether oxygens (including phenoxy) is 6. The first kappa shape index (κ1) is 53.7. The molecule has 8 heterocycles. The fourth-order valence-corrected chi connectivity index (χ4v) is 9.66. The number of carbonyl (C=O) groups excluding carboxylic acids is 4. The van der Waals surface area contributed by atoms with E-state index in [-0.39, 0.29) is 119 Å². The molecule has 0 bridgehead atoms. The van der Waals surface area contributed by atoms with Gasteiger partial charge in [0, 0.05) is 31.7 Å². The number of hydrogen-bond donors (Lipinski definition) is 8. The summed E-state index contributed by atoms with van der Waals surface area (Å²) in [6.45, 7) is 0.248. The molecule has 4 aliphatic heterocycles. The van der Waals surface area contributed by atoms with Crippen LogP contribution in [0, 0.1) is 0 Å². The molecule has 4 aromatic rings. The van der Waals surface area contributed by atoms with Gasteiger partial charge in [-0.05, 0) is 0 Å². The largest absolute Gasteiger partial charge is 0.472 e. The van der Waals surface area contributed by atoms with E-state index in [1.54, 1.807) is 0 Å². The lowest BCUT2D eigenvalue weighted by atomic mass is 10.1. The van der Waals surface area contributed by atoms with Crippen LogP contribution in [0.25, 0.3) is 22.3 Å². The lowest BCUT2D eigenvalue weighted by molar-refractivity contribution is -0.137. The van der Waals surface area contributed by atoms with E-state index in [9.17, 15) is 53.1 Å². The molecule has 33 nitrogen and oxygen atoms in total. The molecule has 0 aliphatic carbocycles. The highest BCUT2D eigenvalue weighted by atomic mass is 31.2. The van der Waals surface area contributed by atoms with Crippen molar-refractivity contribution >= 4 is 73.4 Å². The van der Waals surface area contributed by atoms with Crippen molar-refractivity contribution < 1.29 is 94.8 Å². The first-order valence-corrected chi connectivity index (χ1v) is 25.3. The van der Waals surface area contributed by atoms with Crippen LogP contribution in [0.4, 0.5) is 11.8 Å². The second-order valence-electron chi connectivity index (χ2n) is 16.1. The number of aromatic amines is 1. The van der Waals surface area contributed by atoms with Crippen LogP contribution in [-0.2, 0) is 74.8 Å². The topological polar surface area (TPSA) is 436 Å². The van der Waals surface area contributed by atoms with E-state index < -0.39 is 101 Å². The summed E-state index contributed by atoms with van der Waals surface area (Å²) in [5.41, 5.74) is 4.71. The fraction of sp³-hybridized carbons (Fsp3) is 0.579. The monoisotopic (exact) mass is 1070 g/mol. The van der Waals surface area contributed by atoms with Crippen molar-refractivity contribution in [1.29, 1.82) is 0 Å². The number of anilines is 2. The Bertz CT molecular complexity index is 2810. The van der Waals surface area contributed by atoms with Gasteiger partial charge in [0.05, 0.1) is 85.1 Å². The molecule has 4 aliphatic rings. The fourth-order valence-electron chi connectivity index (χ4n) is 7.73. The van der Waals surface area contributed by atoms with Crippen molar-refractivity contribution in [2.24, 2.45) is 0 Å². The van der Waals surface area contributed by atoms with Gasteiger partial charge in [-0.2, -0.15) is 4.98 Å². The van der Waals surface area contributed by atoms with Crippen LogP contribution < -0.4 is 21.9 Å². The summed E-state index contributed by atoms with van der Waals surface area (Å²) in [5, 5.41) is 28.0. The number of nitrogens with two attached hydrogens (primary N) is 1. The van der Waals surface area contributed by atoms with Crippen molar-refractivity contribution in [3.8, 4) is 0 Å². The number of aliphatic hydroxyl groups is 2. The lowest BCUT2D eigenvalue weighted by Gasteiger charge is -2.27. The van der Waals surface area contributed by atoms with E-state index in [0.717, 1.165) is 34.3 Å². The normalized spacial score (nSPS) is 28.6. The van der Waals surface area contributed by atoms with Gasteiger partial charge in [-0.3, -0.25) is 61.1 Å². The van der Waals surface area contributed by atoms with Crippen LogP contribution in [0.2, 0.25) is 0 Å². The average molecular weight is 1070 g/mol. The van der Waals surface area contributed by atoms with Gasteiger partial charge < -0.3 is 64.8 Å². The van der Waals surface area contributed by atoms with Gasteiger partial charge in [-0.1, -0.05) is 0 Å². The van der Waals surface area contributed by atoms with Crippen LogP contribution in [0.5, 0.6) is 0 Å². The number of nitrogens with one attached hydrogen (secondary N) is 3. The Kier molecular flexibility index (Phi) is 17.5. The first-order chi connectivity index (χ1) is 35.0. The maximum absolute atomic E-state index is 13.4. The van der Waals surface area contributed by atoms with Crippen LogP contribution in [-0.4, -0.2) is 203 Å². The Labute approximate surface area is 410 Å². The van der Waals surface area contributed by atoms with Crippen LogP contribution in [0.3, 0.4) is 0 Å². The molecule has 398 valence electrons. The maximum atomic E-state index is 13.4. The van der Waals surface area contributed by atoms with Crippen LogP contribution in [0.1, 0.15) is 25.3 Å². The summed E-state index contributed by atoms with van der Waals surface area (Å²) in [5.74, 6) is -2.02. The number of imidazole rings is 2. The van der Waals surface area contributed by atoms with Crippen molar-refractivity contribution in [3.63, 3.8) is 0 Å². The SMILES string of the molecule is Nc1nc2c(ncn2[C@@H]2O[C@@H]3COP(=O)(O)O[C@H]4[C@@H](O)[C@H](n5cnc6c(NC(=O)CCOCCOCCOCCOCCNC(=O)CCN7C(=O)C=CC7=O)ncnc65)O[C@@H]4COP(=O)(O)O[C@H]3[C@H]2O)c(=O)[nH]1. The molecule has 3 saturated heterocycles. The number of nitrogens with zero attached hydrogens (tertiary/aromatic N) is 8. The van der Waals surface area contributed by atoms with Gasteiger partial charge in [-0.15, -0.1) is 0 Å². The molecule has 73 heavy (non-hydrogen) atoms. The van der Waals surface area contributed by atoms with Gasteiger partial charge in [0.15, 0.2) is 40.6 Å². The van der Waals surface area contributed by atoms with Crippen LogP contribution >= 0.6 is 15.6 Å². The van der Waals surface area contributed by atoms with E-state index in [0.29, 0.717) is 0 Å². The molecule has 4 amide bonds.